The Balaban J connectivity index is 1.96. The van der Waals surface area contributed by atoms with Gasteiger partial charge in [-0.25, -0.2) is 0 Å². The van der Waals surface area contributed by atoms with Crippen molar-refractivity contribution in [2.24, 2.45) is 0 Å². The number of anilines is 1. The first-order valence-corrected chi connectivity index (χ1v) is 9.48. The molecule has 0 aliphatic heterocycles. The Hall–Kier alpha value is -2.73. The Labute approximate surface area is 170 Å². The monoisotopic (exact) mass is 404 g/mol. The maximum absolute atomic E-state index is 12.3. The van der Waals surface area contributed by atoms with E-state index in [1.807, 2.05) is 38.1 Å². The number of carbonyl (C=O) groups is 2. The summed E-state index contributed by atoms with van der Waals surface area (Å²) in [6.45, 7) is 5.00. The summed E-state index contributed by atoms with van der Waals surface area (Å²) in [7, 11) is 1.57. The molecule has 0 bridgehead atoms. The van der Waals surface area contributed by atoms with E-state index in [0.29, 0.717) is 35.3 Å². The van der Waals surface area contributed by atoms with Gasteiger partial charge in [-0.05, 0) is 38.1 Å². The average Bonchev–Trinajstić information content (AvgIpc) is 2.68. The Morgan fingerprint density at radius 3 is 2.43 bits per heavy atom. The molecule has 2 rings (SSSR count). The van der Waals surface area contributed by atoms with Crippen LogP contribution in [0.3, 0.4) is 0 Å². The maximum atomic E-state index is 12.3. The molecule has 0 unspecified atom stereocenters. The van der Waals surface area contributed by atoms with Gasteiger partial charge in [-0.3, -0.25) is 9.59 Å². The normalized spacial score (nSPS) is 10.3. The molecule has 0 heterocycles. The minimum absolute atomic E-state index is 0.0824. The van der Waals surface area contributed by atoms with Crippen LogP contribution in [0.5, 0.6) is 11.5 Å². The third-order valence-electron chi connectivity index (χ3n) is 4.23. The van der Waals surface area contributed by atoms with Crippen molar-refractivity contribution in [1.82, 2.24) is 4.90 Å². The molecule has 0 spiro atoms. The van der Waals surface area contributed by atoms with Gasteiger partial charge >= 0.3 is 0 Å². The Bertz CT molecular complexity index is 822. The van der Waals surface area contributed by atoms with Gasteiger partial charge in [-0.2, -0.15) is 0 Å². The van der Waals surface area contributed by atoms with Crippen LogP contribution in [0.25, 0.3) is 0 Å². The first kappa shape index (κ1) is 21.6. The van der Waals surface area contributed by atoms with E-state index in [0.717, 1.165) is 5.56 Å². The Kier molecular flexibility index (Phi) is 8.14. The highest BCUT2D eigenvalue weighted by Gasteiger charge is 2.13. The van der Waals surface area contributed by atoms with Crippen LogP contribution in [-0.2, 0) is 16.0 Å². The largest absolute Gasteiger partial charge is 0.496 e. The van der Waals surface area contributed by atoms with Crippen LogP contribution in [0.2, 0.25) is 5.02 Å². The molecule has 6 nitrogen and oxygen atoms in total. The maximum Gasteiger partial charge on any atom is 0.260 e. The fourth-order valence-corrected chi connectivity index (χ4v) is 2.97. The Morgan fingerprint density at radius 1 is 1.07 bits per heavy atom. The predicted octanol–water partition coefficient (Wildman–Crippen LogP) is 3.78. The number of hydrogen-bond donors (Lipinski definition) is 1. The number of rotatable bonds is 9. The van der Waals surface area contributed by atoms with E-state index in [9.17, 15) is 9.59 Å². The van der Waals surface area contributed by atoms with Gasteiger partial charge in [0.15, 0.2) is 6.61 Å². The molecule has 2 aromatic rings. The number of benzene rings is 2. The highest BCUT2D eigenvalue weighted by molar-refractivity contribution is 6.32. The summed E-state index contributed by atoms with van der Waals surface area (Å²) in [5.41, 5.74) is 1.34. The molecule has 0 saturated heterocycles. The van der Waals surface area contributed by atoms with Crippen molar-refractivity contribution in [3.05, 3.63) is 53.1 Å². The van der Waals surface area contributed by atoms with Crippen LogP contribution in [-0.4, -0.2) is 43.5 Å². The minimum Gasteiger partial charge on any atom is -0.496 e. The van der Waals surface area contributed by atoms with Crippen LogP contribution in [0.4, 0.5) is 5.69 Å². The van der Waals surface area contributed by atoms with Gasteiger partial charge in [-0.1, -0.05) is 29.8 Å². The molecule has 0 atom stereocenters. The van der Waals surface area contributed by atoms with Crippen LogP contribution < -0.4 is 14.8 Å². The number of amides is 2. The van der Waals surface area contributed by atoms with Gasteiger partial charge in [0.25, 0.3) is 5.91 Å². The van der Waals surface area contributed by atoms with E-state index >= 15 is 0 Å². The second-order valence-electron chi connectivity index (χ2n) is 6.04. The van der Waals surface area contributed by atoms with Crippen molar-refractivity contribution in [1.29, 1.82) is 0 Å². The van der Waals surface area contributed by atoms with E-state index in [1.165, 1.54) is 0 Å². The van der Waals surface area contributed by atoms with E-state index in [4.69, 9.17) is 21.1 Å². The number of hydrogen-bond acceptors (Lipinski definition) is 4. The fraction of sp³-hybridized carbons (Fsp3) is 0.333. The van der Waals surface area contributed by atoms with Crippen molar-refractivity contribution >= 4 is 29.1 Å². The minimum atomic E-state index is -0.189. The first-order chi connectivity index (χ1) is 13.5. The molecule has 28 heavy (non-hydrogen) atoms. The van der Waals surface area contributed by atoms with Crippen LogP contribution in [0, 0.1) is 0 Å². The highest BCUT2D eigenvalue weighted by Crippen LogP contribution is 2.28. The lowest BCUT2D eigenvalue weighted by atomic mass is 10.1. The molecule has 1 N–H and O–H groups in total. The van der Waals surface area contributed by atoms with Crippen LogP contribution in [0.1, 0.15) is 19.4 Å². The lowest BCUT2D eigenvalue weighted by Gasteiger charge is -2.19. The predicted molar refractivity (Wildman–Crippen MR) is 110 cm³/mol. The van der Waals surface area contributed by atoms with Crippen LogP contribution >= 0.6 is 11.6 Å². The third kappa shape index (κ3) is 5.89. The Morgan fingerprint density at radius 2 is 1.79 bits per heavy atom. The lowest BCUT2D eigenvalue weighted by Crippen LogP contribution is -2.34. The summed E-state index contributed by atoms with van der Waals surface area (Å²) in [6.07, 6.45) is 0.179. The van der Waals surface area contributed by atoms with Gasteiger partial charge in [0.05, 0.1) is 18.6 Å². The average molecular weight is 405 g/mol. The molecular formula is C21H25ClN2O4. The van der Waals surface area contributed by atoms with Gasteiger partial charge < -0.3 is 19.7 Å². The van der Waals surface area contributed by atoms with Gasteiger partial charge in [-0.15, -0.1) is 0 Å². The van der Waals surface area contributed by atoms with Crippen molar-refractivity contribution in [3.63, 3.8) is 0 Å². The van der Waals surface area contributed by atoms with E-state index in [2.05, 4.69) is 5.32 Å². The van der Waals surface area contributed by atoms with Gasteiger partial charge in [0.1, 0.15) is 11.5 Å². The zero-order chi connectivity index (χ0) is 20.5. The molecule has 0 aromatic heterocycles. The molecule has 7 heteroatoms. The molecule has 0 aliphatic carbocycles. The summed E-state index contributed by atoms with van der Waals surface area (Å²) in [6, 6.07) is 12.3. The number of carbonyl (C=O) groups excluding carboxylic acids is 2. The third-order valence-corrected chi connectivity index (χ3v) is 4.52. The van der Waals surface area contributed by atoms with Crippen molar-refractivity contribution < 1.29 is 19.1 Å². The fourth-order valence-electron chi connectivity index (χ4n) is 2.73. The molecule has 0 radical (unpaired) electrons. The SMILES string of the molecule is CCN(CC)C(=O)COc1ccc(NC(=O)Cc2ccccc2OC)cc1Cl. The summed E-state index contributed by atoms with van der Waals surface area (Å²) in [5, 5.41) is 3.12. The summed E-state index contributed by atoms with van der Waals surface area (Å²) >= 11 is 6.23. The second-order valence-corrected chi connectivity index (χ2v) is 6.44. The number of halogens is 1. The lowest BCUT2D eigenvalue weighted by molar-refractivity contribution is -0.133. The van der Waals surface area contributed by atoms with Crippen molar-refractivity contribution in [3.8, 4) is 11.5 Å². The van der Waals surface area contributed by atoms with Crippen molar-refractivity contribution in [2.75, 3.05) is 32.1 Å². The van der Waals surface area contributed by atoms with E-state index in [-0.39, 0.29) is 24.8 Å². The van der Waals surface area contributed by atoms with Gasteiger partial charge in [0.2, 0.25) is 5.91 Å². The second kappa shape index (κ2) is 10.6. The smallest absolute Gasteiger partial charge is 0.260 e. The number of likely N-dealkylation sites (N-methyl/N-ethyl adjacent to an activating group) is 1. The zero-order valence-corrected chi connectivity index (χ0v) is 17.1. The van der Waals surface area contributed by atoms with Crippen molar-refractivity contribution in [2.45, 2.75) is 20.3 Å². The molecule has 0 aliphatic rings. The number of ether oxygens (including phenoxy) is 2. The highest BCUT2D eigenvalue weighted by atomic mass is 35.5. The van der Waals surface area contributed by atoms with Gasteiger partial charge in [0, 0.05) is 24.3 Å². The van der Waals surface area contributed by atoms with E-state index in [1.54, 1.807) is 30.2 Å². The number of nitrogens with one attached hydrogen (secondary N) is 1. The first-order valence-electron chi connectivity index (χ1n) is 9.10. The zero-order valence-electron chi connectivity index (χ0n) is 16.3. The summed E-state index contributed by atoms with van der Waals surface area (Å²) < 4.78 is 10.8. The topological polar surface area (TPSA) is 67.9 Å². The molecule has 2 amide bonds. The number of nitrogens with zero attached hydrogens (tertiary/aromatic N) is 1. The molecule has 0 saturated carbocycles. The molecule has 2 aromatic carbocycles. The summed E-state index contributed by atoms with van der Waals surface area (Å²) in [4.78, 5) is 26.0. The summed E-state index contributed by atoms with van der Waals surface area (Å²) in [5.74, 6) is 0.767. The number of methoxy groups -OCH3 is 1. The standard InChI is InChI=1S/C21H25ClN2O4/c1-4-24(5-2)21(26)14-28-19-11-10-16(13-17(19)22)23-20(25)12-15-8-6-7-9-18(15)27-3/h6-11,13H,4-5,12,14H2,1-3H3,(H,23,25). The quantitative estimate of drug-likeness (QED) is 0.690. The van der Waals surface area contributed by atoms with E-state index < -0.39 is 0 Å². The number of para-hydroxylation sites is 1. The molecule has 150 valence electrons. The molecular weight excluding hydrogens is 380 g/mol. The van der Waals surface area contributed by atoms with Crippen LogP contribution in [0.15, 0.2) is 42.5 Å². The molecule has 0 fully saturated rings.